The molecule has 0 unspecified atom stereocenters. The smallest absolute Gasteiger partial charge is 0.180 e. The molecule has 3 aromatic rings. The molecule has 0 radical (unpaired) electrons. The molecule has 1 aliphatic rings. The Labute approximate surface area is 145 Å². The van der Waals surface area contributed by atoms with E-state index in [-0.39, 0.29) is 0 Å². The molecule has 0 aliphatic carbocycles. The molecule has 0 amide bonds. The van der Waals surface area contributed by atoms with E-state index in [0.717, 1.165) is 35.4 Å². The van der Waals surface area contributed by atoms with Gasteiger partial charge in [0.05, 0.1) is 18.6 Å². The van der Waals surface area contributed by atoms with Crippen LogP contribution in [0.5, 0.6) is 0 Å². The van der Waals surface area contributed by atoms with E-state index in [1.165, 1.54) is 0 Å². The molecule has 8 heteroatoms. The van der Waals surface area contributed by atoms with E-state index < -0.39 is 0 Å². The van der Waals surface area contributed by atoms with Crippen LogP contribution in [0.4, 0.5) is 11.6 Å². The minimum Gasteiger partial charge on any atom is -0.383 e. The average molecular weight is 339 g/mol. The number of hydrogen-bond acceptors (Lipinski definition) is 7. The fourth-order valence-corrected chi connectivity index (χ4v) is 3.09. The van der Waals surface area contributed by atoms with Crippen molar-refractivity contribution in [1.29, 1.82) is 0 Å². The summed E-state index contributed by atoms with van der Waals surface area (Å²) in [5.41, 5.74) is 8.72. The van der Waals surface area contributed by atoms with Gasteiger partial charge >= 0.3 is 0 Å². The molecule has 1 aliphatic heterocycles. The number of aromatic amines is 1. The Morgan fingerprint density at radius 1 is 1.24 bits per heavy atom. The number of nitrogen functional groups attached to an aromatic ring is 1. The fourth-order valence-electron chi connectivity index (χ4n) is 3.09. The number of nitrogens with two attached hydrogens (primary N) is 1. The Hall–Kier alpha value is -2.74. The Morgan fingerprint density at radius 2 is 2.04 bits per heavy atom. The number of morpholine rings is 1. The van der Waals surface area contributed by atoms with Gasteiger partial charge in [0.15, 0.2) is 5.82 Å². The molecule has 1 saturated heterocycles. The van der Waals surface area contributed by atoms with Gasteiger partial charge in [-0.3, -0.25) is 5.10 Å². The second-order valence-electron chi connectivity index (χ2n) is 6.41. The number of nitrogens with zero attached hydrogens (tertiary/aromatic N) is 5. The lowest BCUT2D eigenvalue weighted by atomic mass is 10.0. The molecule has 3 aromatic heterocycles. The van der Waals surface area contributed by atoms with Crippen molar-refractivity contribution in [2.75, 3.05) is 36.9 Å². The monoisotopic (exact) mass is 339 g/mol. The summed E-state index contributed by atoms with van der Waals surface area (Å²) < 4.78 is 5.41. The van der Waals surface area contributed by atoms with E-state index in [1.54, 1.807) is 12.4 Å². The number of pyridine rings is 1. The minimum atomic E-state index is 0.298. The molecular weight excluding hydrogens is 318 g/mol. The van der Waals surface area contributed by atoms with Crippen LogP contribution in [0, 0.1) is 0 Å². The van der Waals surface area contributed by atoms with Gasteiger partial charge < -0.3 is 15.4 Å². The van der Waals surface area contributed by atoms with Crippen LogP contribution < -0.4 is 10.6 Å². The zero-order chi connectivity index (χ0) is 17.4. The van der Waals surface area contributed by atoms with Gasteiger partial charge in [-0.15, -0.1) is 0 Å². The molecule has 130 valence electrons. The summed E-state index contributed by atoms with van der Waals surface area (Å²) in [4.78, 5) is 15.7. The predicted molar refractivity (Wildman–Crippen MR) is 96.4 cm³/mol. The summed E-state index contributed by atoms with van der Waals surface area (Å²) in [6.07, 6.45) is 3.55. The average Bonchev–Trinajstić information content (AvgIpc) is 3.08. The first-order valence-corrected chi connectivity index (χ1v) is 8.43. The van der Waals surface area contributed by atoms with Crippen molar-refractivity contribution in [3.8, 4) is 11.5 Å². The van der Waals surface area contributed by atoms with Crippen LogP contribution in [0.2, 0.25) is 0 Å². The van der Waals surface area contributed by atoms with Gasteiger partial charge in [0, 0.05) is 31.0 Å². The first-order chi connectivity index (χ1) is 12.1. The Morgan fingerprint density at radius 3 is 2.80 bits per heavy atom. The standard InChI is InChI=1S/C17H21N7O/c1-10(2)11-9-20-16(18)13-14(11)22-23-15(13)17-19-4-3-12(21-17)24-5-7-25-8-6-24/h3-4,9-10H,5-8H2,1-2H3,(H2,18,20)(H,22,23). The highest BCUT2D eigenvalue weighted by Gasteiger charge is 2.20. The van der Waals surface area contributed by atoms with Crippen LogP contribution in [0.25, 0.3) is 22.4 Å². The van der Waals surface area contributed by atoms with Crippen LogP contribution in [0.3, 0.4) is 0 Å². The third kappa shape index (κ3) is 2.78. The zero-order valence-electron chi connectivity index (χ0n) is 14.4. The fraction of sp³-hybridized carbons (Fsp3) is 0.412. The number of hydrogen-bond donors (Lipinski definition) is 2. The maximum Gasteiger partial charge on any atom is 0.180 e. The SMILES string of the molecule is CC(C)c1cnc(N)c2c(-c3nccc(N4CCOCC4)n3)[nH]nc12. The van der Waals surface area contributed by atoms with Gasteiger partial charge in [-0.1, -0.05) is 13.8 Å². The number of nitrogens with one attached hydrogen (secondary N) is 1. The summed E-state index contributed by atoms with van der Waals surface area (Å²) in [6, 6.07) is 1.91. The summed E-state index contributed by atoms with van der Waals surface area (Å²) in [5.74, 6) is 2.18. The molecule has 8 nitrogen and oxygen atoms in total. The molecule has 0 aromatic carbocycles. The largest absolute Gasteiger partial charge is 0.383 e. The number of rotatable bonds is 3. The van der Waals surface area contributed by atoms with E-state index in [4.69, 9.17) is 15.5 Å². The van der Waals surface area contributed by atoms with Crippen LogP contribution in [-0.4, -0.2) is 51.5 Å². The molecule has 0 atom stereocenters. The summed E-state index contributed by atoms with van der Waals surface area (Å²) in [7, 11) is 0. The number of aromatic nitrogens is 5. The molecule has 0 bridgehead atoms. The molecule has 4 rings (SSSR count). The maximum absolute atomic E-state index is 6.14. The second kappa shape index (κ2) is 6.29. The lowest BCUT2D eigenvalue weighted by Gasteiger charge is -2.27. The number of H-pyrrole nitrogens is 1. The van der Waals surface area contributed by atoms with Crippen molar-refractivity contribution in [3.05, 3.63) is 24.0 Å². The van der Waals surface area contributed by atoms with E-state index in [1.807, 2.05) is 6.07 Å². The van der Waals surface area contributed by atoms with E-state index in [9.17, 15) is 0 Å². The van der Waals surface area contributed by atoms with Crippen molar-refractivity contribution < 1.29 is 4.74 Å². The van der Waals surface area contributed by atoms with Gasteiger partial charge in [0.2, 0.25) is 0 Å². The summed E-state index contributed by atoms with van der Waals surface area (Å²) in [6.45, 7) is 7.28. The highest BCUT2D eigenvalue weighted by atomic mass is 16.5. The van der Waals surface area contributed by atoms with Crippen molar-refractivity contribution in [2.24, 2.45) is 0 Å². The number of anilines is 2. The van der Waals surface area contributed by atoms with E-state index in [0.29, 0.717) is 36.5 Å². The lowest BCUT2D eigenvalue weighted by molar-refractivity contribution is 0.122. The normalized spacial score (nSPS) is 15.2. The number of ether oxygens (including phenoxy) is 1. The Balaban J connectivity index is 1.81. The molecule has 25 heavy (non-hydrogen) atoms. The highest BCUT2D eigenvalue weighted by molar-refractivity contribution is 6.00. The van der Waals surface area contributed by atoms with Gasteiger partial charge in [-0.25, -0.2) is 15.0 Å². The summed E-state index contributed by atoms with van der Waals surface area (Å²) >= 11 is 0. The van der Waals surface area contributed by atoms with Gasteiger partial charge in [0.25, 0.3) is 0 Å². The Bertz CT molecular complexity index is 899. The first-order valence-electron chi connectivity index (χ1n) is 8.43. The first kappa shape index (κ1) is 15.8. The molecule has 4 heterocycles. The van der Waals surface area contributed by atoms with Gasteiger partial charge in [0.1, 0.15) is 22.8 Å². The van der Waals surface area contributed by atoms with E-state index >= 15 is 0 Å². The molecular formula is C17H21N7O. The Kier molecular flexibility index (Phi) is 3.96. The topological polar surface area (TPSA) is 106 Å². The van der Waals surface area contributed by atoms with Gasteiger partial charge in [-0.2, -0.15) is 5.10 Å². The molecule has 0 spiro atoms. The van der Waals surface area contributed by atoms with Crippen molar-refractivity contribution in [2.45, 2.75) is 19.8 Å². The van der Waals surface area contributed by atoms with Crippen LogP contribution in [-0.2, 0) is 4.74 Å². The van der Waals surface area contributed by atoms with Crippen molar-refractivity contribution in [3.63, 3.8) is 0 Å². The van der Waals surface area contributed by atoms with Crippen molar-refractivity contribution in [1.82, 2.24) is 25.1 Å². The summed E-state index contributed by atoms with van der Waals surface area (Å²) in [5, 5.41) is 8.30. The molecule has 0 saturated carbocycles. The quantitative estimate of drug-likeness (QED) is 0.751. The number of fused-ring (bicyclic) bond motifs is 1. The minimum absolute atomic E-state index is 0.298. The van der Waals surface area contributed by atoms with Crippen LogP contribution >= 0.6 is 0 Å². The highest BCUT2D eigenvalue weighted by Crippen LogP contribution is 2.32. The molecule has 1 fully saturated rings. The molecule has 3 N–H and O–H groups in total. The zero-order valence-corrected chi connectivity index (χ0v) is 14.4. The van der Waals surface area contributed by atoms with Gasteiger partial charge in [-0.05, 0) is 12.0 Å². The maximum atomic E-state index is 6.14. The van der Waals surface area contributed by atoms with E-state index in [2.05, 4.69) is 38.9 Å². The second-order valence-corrected chi connectivity index (χ2v) is 6.41. The van der Waals surface area contributed by atoms with Crippen molar-refractivity contribution >= 4 is 22.5 Å². The third-order valence-corrected chi connectivity index (χ3v) is 4.46. The lowest BCUT2D eigenvalue weighted by Crippen LogP contribution is -2.36. The predicted octanol–water partition coefficient (Wildman–Crippen LogP) is 1.96. The third-order valence-electron chi connectivity index (χ3n) is 4.46. The van der Waals surface area contributed by atoms with Crippen LogP contribution in [0.15, 0.2) is 18.5 Å². The van der Waals surface area contributed by atoms with Crippen LogP contribution in [0.1, 0.15) is 25.3 Å².